The summed E-state index contributed by atoms with van der Waals surface area (Å²) in [5.41, 5.74) is 6.71. The number of rotatable bonds is 1. The second-order valence-corrected chi connectivity index (χ2v) is 8.84. The van der Waals surface area contributed by atoms with Gasteiger partial charge >= 0.3 is 0 Å². The standard InChI is InChI=1S/C16H15BrN2O2S/c1-16(2)5-9(20)14-10(6-16)21-15(19)8(7-18)13(14)11-3-4-12(17)22-11/h3-4,13H,5-6,19H2,1-2H3/t13-/m0/s1. The van der Waals surface area contributed by atoms with Gasteiger partial charge in [-0.1, -0.05) is 13.8 Å². The minimum Gasteiger partial charge on any atom is -0.444 e. The highest BCUT2D eigenvalue weighted by molar-refractivity contribution is 9.11. The minimum absolute atomic E-state index is 0.0426. The van der Waals surface area contributed by atoms with Crippen LogP contribution in [0, 0.1) is 16.7 Å². The number of hydrogen-bond acceptors (Lipinski definition) is 5. The van der Waals surface area contributed by atoms with E-state index in [0.29, 0.717) is 29.7 Å². The number of allylic oxidation sites excluding steroid dienone is 3. The van der Waals surface area contributed by atoms with Crippen molar-refractivity contribution in [1.82, 2.24) is 0 Å². The summed E-state index contributed by atoms with van der Waals surface area (Å²) in [5.74, 6) is 0.364. The fourth-order valence-corrected chi connectivity index (χ4v) is 4.60. The average Bonchev–Trinajstić information content (AvgIpc) is 2.82. The number of thiophene rings is 1. The van der Waals surface area contributed by atoms with Crippen LogP contribution in [0.5, 0.6) is 0 Å². The highest BCUT2D eigenvalue weighted by Gasteiger charge is 2.43. The maximum absolute atomic E-state index is 12.7. The van der Waals surface area contributed by atoms with Crippen molar-refractivity contribution in [3.63, 3.8) is 0 Å². The predicted octanol–water partition coefficient (Wildman–Crippen LogP) is 3.96. The lowest BCUT2D eigenvalue weighted by Crippen LogP contribution is -2.33. The van der Waals surface area contributed by atoms with Crippen molar-refractivity contribution >= 4 is 33.0 Å². The molecule has 0 unspecified atom stereocenters. The number of nitrogens with zero attached hydrogens (tertiary/aromatic N) is 1. The molecule has 114 valence electrons. The molecular formula is C16H15BrN2O2S. The van der Waals surface area contributed by atoms with Crippen LogP contribution >= 0.6 is 27.3 Å². The van der Waals surface area contributed by atoms with Crippen molar-refractivity contribution in [3.05, 3.63) is 43.6 Å². The molecule has 4 nitrogen and oxygen atoms in total. The zero-order chi connectivity index (χ0) is 16.1. The van der Waals surface area contributed by atoms with Crippen molar-refractivity contribution in [2.45, 2.75) is 32.6 Å². The molecule has 1 aliphatic carbocycles. The van der Waals surface area contributed by atoms with E-state index in [0.717, 1.165) is 8.66 Å². The summed E-state index contributed by atoms with van der Waals surface area (Å²) in [5, 5.41) is 9.47. The number of carbonyl (C=O) groups excluding carboxylic acids is 1. The van der Waals surface area contributed by atoms with Crippen LogP contribution in [0.1, 0.15) is 37.5 Å². The van der Waals surface area contributed by atoms with E-state index in [2.05, 4.69) is 22.0 Å². The molecule has 1 atom stereocenters. The molecule has 0 saturated carbocycles. The van der Waals surface area contributed by atoms with Crippen LogP contribution < -0.4 is 5.73 Å². The highest BCUT2D eigenvalue weighted by Crippen LogP contribution is 2.49. The molecule has 0 saturated heterocycles. The summed E-state index contributed by atoms with van der Waals surface area (Å²) in [6.07, 6.45) is 1.10. The molecule has 2 aliphatic rings. The van der Waals surface area contributed by atoms with Crippen molar-refractivity contribution < 1.29 is 9.53 Å². The Kier molecular flexibility index (Phi) is 3.66. The molecule has 1 aromatic rings. The normalized spacial score (nSPS) is 23.9. The van der Waals surface area contributed by atoms with Crippen LogP contribution in [0.4, 0.5) is 0 Å². The molecule has 6 heteroatoms. The molecule has 0 radical (unpaired) electrons. The first kappa shape index (κ1) is 15.3. The summed E-state index contributed by atoms with van der Waals surface area (Å²) in [7, 11) is 0. The molecule has 0 spiro atoms. The van der Waals surface area contributed by atoms with E-state index in [4.69, 9.17) is 10.5 Å². The van der Waals surface area contributed by atoms with E-state index in [-0.39, 0.29) is 17.1 Å². The van der Waals surface area contributed by atoms with Crippen molar-refractivity contribution in [3.8, 4) is 6.07 Å². The van der Waals surface area contributed by atoms with Gasteiger partial charge in [0.2, 0.25) is 5.88 Å². The lowest BCUT2D eigenvalue weighted by Gasteiger charge is -2.36. The quantitative estimate of drug-likeness (QED) is 0.801. The summed E-state index contributed by atoms with van der Waals surface area (Å²) < 4.78 is 6.60. The Hall–Kier alpha value is -1.58. The van der Waals surface area contributed by atoms with Gasteiger partial charge in [-0.05, 0) is 33.5 Å². The molecule has 0 amide bonds. The van der Waals surface area contributed by atoms with Crippen LogP contribution in [-0.2, 0) is 9.53 Å². The Morgan fingerprint density at radius 2 is 2.18 bits per heavy atom. The summed E-state index contributed by atoms with van der Waals surface area (Å²) >= 11 is 4.94. The number of ether oxygens (including phenoxy) is 1. The zero-order valence-electron chi connectivity index (χ0n) is 12.3. The van der Waals surface area contributed by atoms with Crippen LogP contribution in [0.3, 0.4) is 0 Å². The fourth-order valence-electron chi connectivity index (χ4n) is 3.05. The molecule has 3 rings (SSSR count). The lowest BCUT2D eigenvalue weighted by molar-refractivity contribution is -0.119. The maximum atomic E-state index is 12.7. The Labute approximate surface area is 141 Å². The van der Waals surface area contributed by atoms with Crippen molar-refractivity contribution in [2.24, 2.45) is 11.1 Å². The molecule has 1 aliphatic heterocycles. The predicted molar refractivity (Wildman–Crippen MR) is 87.7 cm³/mol. The van der Waals surface area contributed by atoms with E-state index in [1.807, 2.05) is 26.0 Å². The number of halogens is 1. The molecule has 0 aromatic carbocycles. The Morgan fingerprint density at radius 3 is 2.77 bits per heavy atom. The van der Waals surface area contributed by atoms with E-state index in [1.54, 1.807) is 0 Å². The van der Waals surface area contributed by atoms with Crippen LogP contribution in [-0.4, -0.2) is 5.78 Å². The molecule has 2 heterocycles. The average molecular weight is 379 g/mol. The van der Waals surface area contributed by atoms with E-state index in [1.165, 1.54) is 11.3 Å². The second-order valence-electron chi connectivity index (χ2n) is 6.34. The first-order valence-electron chi connectivity index (χ1n) is 6.91. The first-order valence-corrected chi connectivity index (χ1v) is 8.52. The topological polar surface area (TPSA) is 76.1 Å². The van der Waals surface area contributed by atoms with Crippen molar-refractivity contribution in [1.29, 1.82) is 5.26 Å². The SMILES string of the molecule is CC1(C)CC(=O)C2=C(C1)OC(N)=C(C#N)[C@H]2c1ccc(Br)s1. The number of Topliss-reactive ketones (excluding diaryl/α,β-unsaturated/α-hetero) is 1. The van der Waals surface area contributed by atoms with Gasteiger partial charge in [-0.15, -0.1) is 11.3 Å². The third-order valence-electron chi connectivity index (χ3n) is 3.95. The van der Waals surface area contributed by atoms with Gasteiger partial charge in [0.05, 0.1) is 9.70 Å². The lowest BCUT2D eigenvalue weighted by atomic mass is 9.71. The number of ketones is 1. The van der Waals surface area contributed by atoms with Crippen molar-refractivity contribution in [2.75, 3.05) is 0 Å². The van der Waals surface area contributed by atoms with Gasteiger partial charge in [-0.3, -0.25) is 4.79 Å². The van der Waals surface area contributed by atoms with Crippen LogP contribution in [0.25, 0.3) is 0 Å². The zero-order valence-corrected chi connectivity index (χ0v) is 14.7. The number of nitriles is 1. The molecule has 22 heavy (non-hydrogen) atoms. The van der Waals surface area contributed by atoms with Crippen LogP contribution in [0.15, 0.2) is 38.7 Å². The summed E-state index contributed by atoms with van der Waals surface area (Å²) in [4.78, 5) is 13.6. The van der Waals surface area contributed by atoms with Gasteiger partial charge in [0.15, 0.2) is 5.78 Å². The highest BCUT2D eigenvalue weighted by atomic mass is 79.9. The molecular weight excluding hydrogens is 364 g/mol. The van der Waals surface area contributed by atoms with Gasteiger partial charge in [0.1, 0.15) is 17.4 Å². The van der Waals surface area contributed by atoms with Crippen LogP contribution in [0.2, 0.25) is 0 Å². The van der Waals surface area contributed by atoms with Gasteiger partial charge in [-0.25, -0.2) is 0 Å². The van der Waals surface area contributed by atoms with Gasteiger partial charge in [-0.2, -0.15) is 5.26 Å². The van der Waals surface area contributed by atoms with E-state index >= 15 is 0 Å². The fraction of sp³-hybridized carbons (Fsp3) is 0.375. The molecule has 2 N–H and O–H groups in total. The monoisotopic (exact) mass is 378 g/mol. The first-order chi connectivity index (χ1) is 10.3. The minimum atomic E-state index is -0.409. The number of nitrogens with two attached hydrogens (primary N) is 1. The van der Waals surface area contributed by atoms with E-state index in [9.17, 15) is 10.1 Å². The largest absolute Gasteiger partial charge is 0.444 e. The molecule has 0 fully saturated rings. The van der Waals surface area contributed by atoms with Gasteiger partial charge < -0.3 is 10.5 Å². The third kappa shape index (κ3) is 2.49. The number of hydrogen-bond donors (Lipinski definition) is 1. The number of carbonyl (C=O) groups is 1. The smallest absolute Gasteiger partial charge is 0.205 e. The second kappa shape index (κ2) is 5.25. The molecule has 1 aromatic heterocycles. The van der Waals surface area contributed by atoms with Gasteiger partial charge in [0, 0.05) is 23.3 Å². The molecule has 0 bridgehead atoms. The summed E-state index contributed by atoms with van der Waals surface area (Å²) in [6.45, 7) is 4.07. The Morgan fingerprint density at radius 1 is 1.45 bits per heavy atom. The van der Waals surface area contributed by atoms with E-state index < -0.39 is 5.92 Å². The maximum Gasteiger partial charge on any atom is 0.205 e. The summed E-state index contributed by atoms with van der Waals surface area (Å²) in [6, 6.07) is 5.96. The van der Waals surface area contributed by atoms with Gasteiger partial charge in [0.25, 0.3) is 0 Å². The Balaban J connectivity index is 2.17. The third-order valence-corrected chi connectivity index (χ3v) is 5.64. The Bertz CT molecular complexity index is 767.